The van der Waals surface area contributed by atoms with Crippen molar-refractivity contribution in [2.75, 3.05) is 0 Å². The fraction of sp³-hybridized carbons (Fsp3) is 0.667. The van der Waals surface area contributed by atoms with E-state index in [-0.39, 0.29) is 0 Å². The van der Waals surface area contributed by atoms with E-state index in [4.69, 9.17) is 0 Å². The molecule has 0 amide bonds. The van der Waals surface area contributed by atoms with E-state index in [2.05, 4.69) is 44.0 Å². The van der Waals surface area contributed by atoms with Crippen LogP contribution in [0.2, 0.25) is 0 Å². The maximum Gasteiger partial charge on any atom is 0.0273 e. The van der Waals surface area contributed by atoms with Gasteiger partial charge in [0.1, 0.15) is 0 Å². The molecule has 0 bridgehead atoms. The monoisotopic (exact) mass is 320 g/mol. The molecular weight excluding hydrogens is 304 g/mol. The molecule has 0 nitrogen and oxygen atoms in total. The van der Waals surface area contributed by atoms with Crippen molar-refractivity contribution in [3.8, 4) is 0 Å². The van der Waals surface area contributed by atoms with E-state index in [1.165, 1.54) is 60.3 Å². The van der Waals surface area contributed by atoms with Gasteiger partial charge in [-0.25, -0.2) is 0 Å². The van der Waals surface area contributed by atoms with E-state index in [0.29, 0.717) is 0 Å². The molecule has 0 aromatic carbocycles. The number of allylic oxidation sites excluding steroid dienone is 4. The maximum atomic E-state index is 3.63. The van der Waals surface area contributed by atoms with Crippen LogP contribution in [0.1, 0.15) is 51.4 Å². The predicted octanol–water partition coefficient (Wildman–Crippen LogP) is 5.68. The Labute approximate surface area is 104 Å². The van der Waals surface area contributed by atoms with E-state index in [9.17, 15) is 0 Å². The first kappa shape index (κ1) is 12.5. The Morgan fingerprint density at radius 2 is 1.50 bits per heavy atom. The van der Waals surface area contributed by atoms with Gasteiger partial charge in [0.15, 0.2) is 0 Å². The van der Waals surface area contributed by atoms with Crippen molar-refractivity contribution in [3.05, 3.63) is 21.1 Å². The number of halogens is 2. The Bertz CT molecular complexity index is 216. The highest BCUT2D eigenvalue weighted by molar-refractivity contribution is 9.14. The number of hydrogen-bond donors (Lipinski definition) is 0. The van der Waals surface area contributed by atoms with Crippen molar-refractivity contribution in [2.24, 2.45) is 0 Å². The van der Waals surface area contributed by atoms with Crippen LogP contribution in [0.4, 0.5) is 0 Å². The average molecular weight is 322 g/mol. The first-order valence-electron chi connectivity index (χ1n) is 5.51. The van der Waals surface area contributed by atoms with Gasteiger partial charge in [0.05, 0.1) is 0 Å². The lowest BCUT2D eigenvalue weighted by Gasteiger charge is -2.04. The van der Waals surface area contributed by atoms with Gasteiger partial charge in [-0.1, -0.05) is 53.8 Å². The van der Waals surface area contributed by atoms with Gasteiger partial charge in [-0.15, -0.1) is 0 Å². The van der Waals surface area contributed by atoms with Crippen LogP contribution in [0.15, 0.2) is 21.1 Å². The van der Waals surface area contributed by atoms with Crippen LogP contribution in [0.5, 0.6) is 0 Å². The van der Waals surface area contributed by atoms with Crippen LogP contribution in [-0.2, 0) is 0 Å². The molecule has 0 spiro atoms. The Hall–Kier alpha value is 0.440. The van der Waals surface area contributed by atoms with Crippen LogP contribution in [-0.4, -0.2) is 0 Å². The van der Waals surface area contributed by atoms with Gasteiger partial charge in [0.25, 0.3) is 0 Å². The molecule has 80 valence electrons. The molecule has 14 heavy (non-hydrogen) atoms. The number of hydrogen-bond acceptors (Lipinski definition) is 0. The highest BCUT2D eigenvalue weighted by Crippen LogP contribution is 2.25. The molecule has 0 radical (unpaired) electrons. The van der Waals surface area contributed by atoms with Crippen molar-refractivity contribution in [2.45, 2.75) is 51.4 Å². The molecule has 1 aliphatic rings. The molecular formula is C12H18Br2. The highest BCUT2D eigenvalue weighted by atomic mass is 79.9. The fourth-order valence-electron chi connectivity index (χ4n) is 1.65. The van der Waals surface area contributed by atoms with Crippen molar-refractivity contribution < 1.29 is 0 Å². The normalized spacial score (nSPS) is 29.0. The molecule has 0 heterocycles. The summed E-state index contributed by atoms with van der Waals surface area (Å²) >= 11 is 7.21. The van der Waals surface area contributed by atoms with Gasteiger partial charge >= 0.3 is 0 Å². The zero-order valence-corrected chi connectivity index (χ0v) is 11.7. The lowest BCUT2D eigenvalue weighted by Crippen LogP contribution is -1.83. The van der Waals surface area contributed by atoms with E-state index in [0.717, 1.165) is 0 Å². The predicted molar refractivity (Wildman–Crippen MR) is 71.0 cm³/mol. The SMILES string of the molecule is BrC1=C(\Br)CCCCCCCC\C=C\1. The molecule has 0 aromatic rings. The molecule has 2 heteroatoms. The van der Waals surface area contributed by atoms with Crippen molar-refractivity contribution >= 4 is 31.9 Å². The summed E-state index contributed by atoms with van der Waals surface area (Å²) in [6, 6.07) is 0. The van der Waals surface area contributed by atoms with E-state index in [1.54, 1.807) is 0 Å². The second-order valence-electron chi connectivity index (χ2n) is 3.82. The maximum absolute atomic E-state index is 3.63. The lowest BCUT2D eigenvalue weighted by atomic mass is 10.1. The Kier molecular flexibility index (Phi) is 6.88. The van der Waals surface area contributed by atoms with Gasteiger partial charge in [-0.05, 0) is 41.6 Å². The van der Waals surface area contributed by atoms with E-state index < -0.39 is 0 Å². The van der Waals surface area contributed by atoms with Gasteiger partial charge < -0.3 is 0 Å². The van der Waals surface area contributed by atoms with Crippen LogP contribution >= 0.6 is 31.9 Å². The summed E-state index contributed by atoms with van der Waals surface area (Å²) in [7, 11) is 0. The molecule has 0 atom stereocenters. The van der Waals surface area contributed by atoms with Crippen LogP contribution < -0.4 is 0 Å². The summed E-state index contributed by atoms with van der Waals surface area (Å²) in [5, 5.41) is 0. The van der Waals surface area contributed by atoms with Crippen molar-refractivity contribution in [1.82, 2.24) is 0 Å². The van der Waals surface area contributed by atoms with Crippen LogP contribution in [0, 0.1) is 0 Å². The fourth-order valence-corrected chi connectivity index (χ4v) is 2.44. The zero-order valence-electron chi connectivity index (χ0n) is 8.57. The topological polar surface area (TPSA) is 0 Å². The van der Waals surface area contributed by atoms with E-state index >= 15 is 0 Å². The molecule has 1 rings (SSSR count). The summed E-state index contributed by atoms with van der Waals surface area (Å²) in [5.41, 5.74) is 0. The third kappa shape index (κ3) is 5.35. The summed E-state index contributed by atoms with van der Waals surface area (Å²) < 4.78 is 2.53. The first-order valence-corrected chi connectivity index (χ1v) is 7.10. The molecule has 0 N–H and O–H groups in total. The van der Waals surface area contributed by atoms with Gasteiger partial charge in [0, 0.05) is 8.96 Å². The smallest absolute Gasteiger partial charge is 0.0273 e. The standard InChI is InChI=1S/C12H18Br2/c13-11-9-7-5-3-1-2-4-6-8-10-12(11)14/h7,9H,1-6,8,10H2/b9-7+,12-11-. The highest BCUT2D eigenvalue weighted by Gasteiger charge is 1.99. The second kappa shape index (κ2) is 7.70. The van der Waals surface area contributed by atoms with Crippen molar-refractivity contribution in [1.29, 1.82) is 0 Å². The van der Waals surface area contributed by atoms with Crippen molar-refractivity contribution in [3.63, 3.8) is 0 Å². The summed E-state index contributed by atoms with van der Waals surface area (Å²) in [5.74, 6) is 0. The quantitative estimate of drug-likeness (QED) is 0.538. The third-order valence-electron chi connectivity index (χ3n) is 2.54. The van der Waals surface area contributed by atoms with Gasteiger partial charge in [-0.3, -0.25) is 0 Å². The molecule has 1 aliphatic carbocycles. The molecule has 0 aliphatic heterocycles. The third-order valence-corrected chi connectivity index (χ3v) is 4.64. The molecule has 0 aromatic heterocycles. The first-order chi connectivity index (χ1) is 6.80. The summed E-state index contributed by atoms with van der Waals surface area (Å²) in [6.07, 6.45) is 15.1. The van der Waals surface area contributed by atoms with Crippen LogP contribution in [0.3, 0.4) is 0 Å². The zero-order chi connectivity index (χ0) is 10.2. The summed E-state index contributed by atoms with van der Waals surface area (Å²) in [6.45, 7) is 0. The number of rotatable bonds is 0. The molecule has 0 unspecified atom stereocenters. The molecule has 0 saturated carbocycles. The summed E-state index contributed by atoms with van der Waals surface area (Å²) in [4.78, 5) is 0. The Balaban J connectivity index is 2.50. The minimum Gasteiger partial charge on any atom is -0.0834 e. The van der Waals surface area contributed by atoms with E-state index in [1.807, 2.05) is 0 Å². The largest absolute Gasteiger partial charge is 0.0834 e. The lowest BCUT2D eigenvalue weighted by molar-refractivity contribution is 0.598. The van der Waals surface area contributed by atoms with Crippen LogP contribution in [0.25, 0.3) is 0 Å². The van der Waals surface area contributed by atoms with Gasteiger partial charge in [0.2, 0.25) is 0 Å². The average Bonchev–Trinajstić information content (AvgIpc) is 2.18. The van der Waals surface area contributed by atoms with Gasteiger partial charge in [-0.2, -0.15) is 0 Å². The molecule has 0 saturated heterocycles. The minimum absolute atomic E-state index is 1.17. The molecule has 0 fully saturated rings. The minimum atomic E-state index is 1.17. The Morgan fingerprint density at radius 1 is 0.857 bits per heavy atom. The second-order valence-corrected chi connectivity index (χ2v) is 5.63. The Morgan fingerprint density at radius 3 is 2.29 bits per heavy atom.